The molecule has 190 valence electrons. The average Bonchev–Trinajstić information content (AvgIpc) is 3.08. The lowest BCUT2D eigenvalue weighted by molar-refractivity contribution is -0.0138. The van der Waals surface area contributed by atoms with Crippen LogP contribution in [0.2, 0.25) is 0 Å². The Morgan fingerprint density at radius 1 is 0.971 bits per heavy atom. The fourth-order valence-corrected chi connectivity index (χ4v) is 8.84. The van der Waals surface area contributed by atoms with E-state index in [1.807, 2.05) is 18.2 Å². The zero-order valence-corrected chi connectivity index (χ0v) is 21.7. The van der Waals surface area contributed by atoms with E-state index in [-0.39, 0.29) is 17.6 Å². The van der Waals surface area contributed by atoms with E-state index in [1.165, 1.54) is 38.5 Å². The molecule has 0 radical (unpaired) electrons. The number of anilines is 1. The van der Waals surface area contributed by atoms with Gasteiger partial charge in [0, 0.05) is 29.7 Å². The fraction of sp³-hybridized carbons (Fsp3) is 0.704. The number of piperidine rings is 1. The topological polar surface area (TPSA) is 74.9 Å². The molecular formula is C27H38N4O3S. The van der Waals surface area contributed by atoms with Crippen LogP contribution in [0.25, 0.3) is 0 Å². The van der Waals surface area contributed by atoms with E-state index in [0.29, 0.717) is 17.8 Å². The maximum Gasteiger partial charge on any atom is 0.315 e. The normalized spacial score (nSPS) is 36.6. The summed E-state index contributed by atoms with van der Waals surface area (Å²) in [5, 5.41) is 11.0. The molecule has 3 N–H and O–H groups in total. The van der Waals surface area contributed by atoms with Crippen LogP contribution in [0.5, 0.6) is 11.5 Å². The lowest BCUT2D eigenvalue weighted by Crippen LogP contribution is -2.63. The van der Waals surface area contributed by atoms with Crippen LogP contribution >= 0.6 is 12.2 Å². The molecule has 6 aliphatic rings. The minimum absolute atomic E-state index is 0.0495. The molecule has 2 amide bonds. The number of methoxy groups -OCH3 is 2. The van der Waals surface area contributed by atoms with E-state index >= 15 is 0 Å². The molecule has 2 heterocycles. The number of carbonyl (C=O) groups is 1. The molecule has 4 saturated carbocycles. The predicted octanol–water partition coefficient (Wildman–Crippen LogP) is 4.66. The van der Waals surface area contributed by atoms with Gasteiger partial charge in [0.2, 0.25) is 0 Å². The molecular weight excluding hydrogens is 460 g/mol. The van der Waals surface area contributed by atoms with E-state index < -0.39 is 0 Å². The van der Waals surface area contributed by atoms with Crippen molar-refractivity contribution in [2.75, 3.05) is 19.5 Å². The number of hydrogen-bond donors (Lipinski definition) is 3. The summed E-state index contributed by atoms with van der Waals surface area (Å²) in [6.45, 7) is 0. The average molecular weight is 499 g/mol. The standard InChI is InChI=1S/C27H38N4O3S/c1-33-22-5-6-23(24(12-22)34-2)29-26(35)31-20-3-4-21(31)11-19(10-20)28-25(32)30-27-13-16-7-17(14-27)9-18(8-16)15-27/h5-6,12,16-21H,3-4,7-11,13-15H2,1-2H3,(H,29,35)(H2,28,30,32)/t16?,17?,18?,20-,21-,27?/m0/s1. The molecule has 2 aliphatic heterocycles. The van der Waals surface area contributed by atoms with Gasteiger partial charge in [-0.1, -0.05) is 0 Å². The Balaban J connectivity index is 1.06. The summed E-state index contributed by atoms with van der Waals surface area (Å²) in [5.41, 5.74) is 0.898. The number of thiocarbonyl (C=S) groups is 1. The van der Waals surface area contributed by atoms with Crippen LogP contribution in [0.4, 0.5) is 10.5 Å². The van der Waals surface area contributed by atoms with Crippen molar-refractivity contribution in [3.05, 3.63) is 18.2 Å². The summed E-state index contributed by atoms with van der Waals surface area (Å²) in [6, 6.07) is 6.66. The zero-order chi connectivity index (χ0) is 24.2. The number of hydrogen-bond acceptors (Lipinski definition) is 4. The first kappa shape index (κ1) is 23.2. The second-order valence-electron chi connectivity index (χ2n) is 11.8. The van der Waals surface area contributed by atoms with Crippen molar-refractivity contribution in [1.29, 1.82) is 0 Å². The molecule has 1 aromatic carbocycles. The summed E-state index contributed by atoms with van der Waals surface area (Å²) >= 11 is 5.84. The van der Waals surface area contributed by atoms with Crippen LogP contribution in [0.3, 0.4) is 0 Å². The monoisotopic (exact) mass is 498 g/mol. The Labute approximate surface area is 213 Å². The highest BCUT2D eigenvalue weighted by molar-refractivity contribution is 7.80. The highest BCUT2D eigenvalue weighted by Gasteiger charge is 2.52. The quantitative estimate of drug-likeness (QED) is 0.513. The van der Waals surface area contributed by atoms with E-state index in [0.717, 1.165) is 60.0 Å². The number of amides is 2. The molecule has 0 unspecified atom stereocenters. The first-order valence-electron chi connectivity index (χ1n) is 13.3. The molecule has 6 fully saturated rings. The molecule has 7 nitrogen and oxygen atoms in total. The first-order valence-corrected chi connectivity index (χ1v) is 13.7. The van der Waals surface area contributed by atoms with E-state index in [1.54, 1.807) is 14.2 Å². The van der Waals surface area contributed by atoms with Crippen molar-refractivity contribution >= 4 is 29.0 Å². The number of nitrogens with one attached hydrogen (secondary N) is 3. The van der Waals surface area contributed by atoms with Crippen LogP contribution in [0.1, 0.15) is 64.2 Å². The minimum Gasteiger partial charge on any atom is -0.497 e. The molecule has 2 atom stereocenters. The molecule has 0 aromatic heterocycles. The maximum atomic E-state index is 13.1. The Morgan fingerprint density at radius 2 is 1.60 bits per heavy atom. The largest absolute Gasteiger partial charge is 0.497 e. The second-order valence-corrected chi connectivity index (χ2v) is 12.1. The number of fused-ring (bicyclic) bond motifs is 2. The van der Waals surface area contributed by atoms with Gasteiger partial charge in [-0.3, -0.25) is 0 Å². The Hall–Kier alpha value is -2.22. The second kappa shape index (κ2) is 9.02. The van der Waals surface area contributed by atoms with Crippen LogP contribution in [0.15, 0.2) is 18.2 Å². The van der Waals surface area contributed by atoms with Gasteiger partial charge in [0.1, 0.15) is 11.5 Å². The molecule has 7 rings (SSSR count). The summed E-state index contributed by atoms with van der Waals surface area (Å²) in [7, 11) is 3.30. The van der Waals surface area contributed by atoms with Crippen LogP contribution in [0, 0.1) is 17.8 Å². The van der Waals surface area contributed by atoms with Gasteiger partial charge in [-0.2, -0.15) is 0 Å². The molecule has 8 heteroatoms. The fourth-order valence-electron chi connectivity index (χ4n) is 8.43. The lowest BCUT2D eigenvalue weighted by atomic mass is 9.53. The molecule has 35 heavy (non-hydrogen) atoms. The van der Waals surface area contributed by atoms with Crippen molar-refractivity contribution in [1.82, 2.24) is 15.5 Å². The number of carbonyl (C=O) groups excluding carboxylic acids is 1. The number of benzene rings is 1. The number of nitrogens with zero attached hydrogens (tertiary/aromatic N) is 1. The van der Waals surface area contributed by atoms with Gasteiger partial charge in [-0.15, -0.1) is 0 Å². The van der Waals surface area contributed by atoms with Gasteiger partial charge in [0.15, 0.2) is 5.11 Å². The van der Waals surface area contributed by atoms with Gasteiger partial charge in [-0.05, 0) is 106 Å². The van der Waals surface area contributed by atoms with Crippen molar-refractivity contribution in [3.8, 4) is 11.5 Å². The third kappa shape index (κ3) is 4.43. The van der Waals surface area contributed by atoms with Crippen molar-refractivity contribution in [2.24, 2.45) is 17.8 Å². The third-order valence-corrected chi connectivity index (χ3v) is 9.68. The lowest BCUT2D eigenvalue weighted by Gasteiger charge is -2.56. The van der Waals surface area contributed by atoms with Crippen molar-refractivity contribution in [2.45, 2.75) is 87.9 Å². The summed E-state index contributed by atoms with van der Waals surface area (Å²) in [6.07, 6.45) is 11.8. The highest BCUT2D eigenvalue weighted by atomic mass is 32.1. The molecule has 0 spiro atoms. The van der Waals surface area contributed by atoms with Crippen LogP contribution in [-0.2, 0) is 0 Å². The van der Waals surface area contributed by atoms with Gasteiger partial charge < -0.3 is 30.3 Å². The van der Waals surface area contributed by atoms with Crippen LogP contribution in [-0.4, -0.2) is 53.9 Å². The van der Waals surface area contributed by atoms with E-state index in [4.69, 9.17) is 21.7 Å². The smallest absolute Gasteiger partial charge is 0.315 e. The molecule has 1 aromatic rings. The first-order chi connectivity index (χ1) is 16.9. The highest BCUT2D eigenvalue weighted by Crippen LogP contribution is 2.55. The molecule has 2 saturated heterocycles. The zero-order valence-electron chi connectivity index (χ0n) is 20.8. The van der Waals surface area contributed by atoms with Gasteiger partial charge in [-0.25, -0.2) is 4.79 Å². The SMILES string of the molecule is COc1ccc(NC(=S)N2[C@H]3CC[C@H]2CC(NC(=O)NC24CC5CC(CC(C5)C2)C4)C3)c(OC)c1. The maximum absolute atomic E-state index is 13.1. The predicted molar refractivity (Wildman–Crippen MR) is 140 cm³/mol. The summed E-state index contributed by atoms with van der Waals surface area (Å²) in [5.74, 6) is 3.95. The number of rotatable bonds is 5. The van der Waals surface area contributed by atoms with Gasteiger partial charge in [0.05, 0.1) is 19.9 Å². The summed E-state index contributed by atoms with van der Waals surface area (Å²) in [4.78, 5) is 15.5. The Morgan fingerprint density at radius 3 is 2.17 bits per heavy atom. The molecule has 6 bridgehead atoms. The number of urea groups is 1. The number of ether oxygens (including phenoxy) is 2. The van der Waals surface area contributed by atoms with Gasteiger partial charge >= 0.3 is 6.03 Å². The Kier molecular flexibility index (Phi) is 5.98. The Bertz CT molecular complexity index is 951. The summed E-state index contributed by atoms with van der Waals surface area (Å²) < 4.78 is 10.8. The minimum atomic E-state index is 0.0495. The van der Waals surface area contributed by atoms with Gasteiger partial charge in [0.25, 0.3) is 0 Å². The third-order valence-electron chi connectivity index (χ3n) is 9.37. The van der Waals surface area contributed by atoms with E-state index in [9.17, 15) is 4.79 Å². The van der Waals surface area contributed by atoms with Crippen LogP contribution < -0.4 is 25.4 Å². The van der Waals surface area contributed by atoms with E-state index in [2.05, 4.69) is 20.9 Å². The van der Waals surface area contributed by atoms with Crippen molar-refractivity contribution < 1.29 is 14.3 Å². The van der Waals surface area contributed by atoms with Crippen molar-refractivity contribution in [3.63, 3.8) is 0 Å². The molecule has 4 aliphatic carbocycles.